The molecule has 5 nitrogen and oxygen atoms in total. The van der Waals surface area contributed by atoms with Crippen LogP contribution in [0.15, 0.2) is 17.8 Å². The van der Waals surface area contributed by atoms with Gasteiger partial charge in [-0.1, -0.05) is 0 Å². The van der Waals surface area contributed by atoms with Crippen molar-refractivity contribution in [3.63, 3.8) is 0 Å². The van der Waals surface area contributed by atoms with E-state index in [9.17, 15) is 27.2 Å². The number of hydrogen-bond acceptors (Lipinski definition) is 5. The summed E-state index contributed by atoms with van der Waals surface area (Å²) in [7, 11) is 0. The maximum absolute atomic E-state index is 13.9. The van der Waals surface area contributed by atoms with Gasteiger partial charge in [0.2, 0.25) is 5.78 Å². The fourth-order valence-electron chi connectivity index (χ4n) is 2.82. The molecule has 0 radical (unpaired) electrons. The van der Waals surface area contributed by atoms with Crippen LogP contribution in [0.3, 0.4) is 0 Å². The summed E-state index contributed by atoms with van der Waals surface area (Å²) >= 11 is 0. The van der Waals surface area contributed by atoms with Gasteiger partial charge < -0.3 is 15.2 Å². The summed E-state index contributed by atoms with van der Waals surface area (Å²) in [5, 5.41) is 12.0. The zero-order chi connectivity index (χ0) is 20.2. The molecule has 0 aliphatic heterocycles. The molecule has 2 N–H and O–H groups in total. The van der Waals surface area contributed by atoms with Crippen LogP contribution in [0, 0.1) is 23.3 Å². The summed E-state index contributed by atoms with van der Waals surface area (Å²) in [6.07, 6.45) is 3.55. The number of carbonyl (C=O) groups is 2. The SMILES string of the molecule is CCOC(=O)C(=CNC1(CCO)CCC1)C(=O)c1cc(F)c(F)c(F)c1F. The molecule has 0 heterocycles. The highest BCUT2D eigenvalue weighted by Gasteiger charge is 2.36. The monoisotopic (exact) mass is 389 g/mol. The Morgan fingerprint density at radius 3 is 2.41 bits per heavy atom. The maximum Gasteiger partial charge on any atom is 0.343 e. The molecule has 1 saturated carbocycles. The van der Waals surface area contributed by atoms with Gasteiger partial charge in [0.25, 0.3) is 0 Å². The maximum atomic E-state index is 13.9. The van der Waals surface area contributed by atoms with Crippen molar-refractivity contribution in [2.75, 3.05) is 13.2 Å². The van der Waals surface area contributed by atoms with E-state index < -0.39 is 51.7 Å². The molecule has 1 aliphatic carbocycles. The van der Waals surface area contributed by atoms with Gasteiger partial charge in [-0.25, -0.2) is 22.4 Å². The second kappa shape index (κ2) is 8.51. The second-order valence-electron chi connectivity index (χ2n) is 6.21. The van der Waals surface area contributed by atoms with Crippen LogP contribution in [0.1, 0.15) is 43.0 Å². The summed E-state index contributed by atoms with van der Waals surface area (Å²) in [6.45, 7) is 1.25. The Labute approximate surface area is 153 Å². The van der Waals surface area contributed by atoms with Crippen molar-refractivity contribution >= 4 is 11.8 Å². The number of Topliss-reactive ketones (excluding diaryl/α,β-unsaturated/α-hetero) is 1. The number of ether oxygens (including phenoxy) is 1. The molecule has 1 aliphatic rings. The van der Waals surface area contributed by atoms with E-state index in [-0.39, 0.29) is 19.3 Å². The molecule has 0 saturated heterocycles. The highest BCUT2D eigenvalue weighted by molar-refractivity contribution is 6.24. The second-order valence-corrected chi connectivity index (χ2v) is 6.21. The van der Waals surface area contributed by atoms with Gasteiger partial charge in [0.1, 0.15) is 5.57 Å². The number of esters is 1. The van der Waals surface area contributed by atoms with Crippen molar-refractivity contribution in [2.24, 2.45) is 0 Å². The van der Waals surface area contributed by atoms with Gasteiger partial charge in [0.05, 0.1) is 12.2 Å². The third-order valence-electron chi connectivity index (χ3n) is 4.51. The Morgan fingerprint density at radius 1 is 1.22 bits per heavy atom. The first-order chi connectivity index (χ1) is 12.8. The molecule has 0 spiro atoms. The number of aliphatic hydroxyl groups excluding tert-OH is 1. The number of aliphatic hydroxyl groups is 1. The molecule has 2 rings (SSSR count). The lowest BCUT2D eigenvalue weighted by atomic mass is 9.74. The first-order valence-electron chi connectivity index (χ1n) is 8.40. The third kappa shape index (κ3) is 4.29. The zero-order valence-corrected chi connectivity index (χ0v) is 14.6. The van der Waals surface area contributed by atoms with Crippen molar-refractivity contribution < 1.29 is 37.0 Å². The van der Waals surface area contributed by atoms with E-state index in [0.29, 0.717) is 19.3 Å². The fraction of sp³-hybridized carbons (Fsp3) is 0.444. The number of ketones is 1. The molecule has 0 bridgehead atoms. The lowest BCUT2D eigenvalue weighted by Crippen LogP contribution is -2.49. The summed E-state index contributed by atoms with van der Waals surface area (Å²) in [5.41, 5.74) is -2.35. The van der Waals surface area contributed by atoms with Crippen LogP contribution in [0.2, 0.25) is 0 Å². The van der Waals surface area contributed by atoms with Crippen molar-refractivity contribution in [1.29, 1.82) is 0 Å². The Kier molecular flexibility index (Phi) is 6.59. The summed E-state index contributed by atoms with van der Waals surface area (Å²) in [4.78, 5) is 24.6. The highest BCUT2D eigenvalue weighted by atomic mass is 19.2. The van der Waals surface area contributed by atoms with Crippen molar-refractivity contribution in [3.8, 4) is 0 Å². The first kappa shape index (κ1) is 20.9. The molecule has 0 atom stereocenters. The van der Waals surface area contributed by atoms with E-state index in [4.69, 9.17) is 9.84 Å². The van der Waals surface area contributed by atoms with Crippen molar-refractivity contribution in [2.45, 2.75) is 38.1 Å². The van der Waals surface area contributed by atoms with Crippen LogP contribution in [0.5, 0.6) is 0 Å². The Hall–Kier alpha value is -2.42. The Morgan fingerprint density at radius 2 is 1.89 bits per heavy atom. The molecule has 148 valence electrons. The van der Waals surface area contributed by atoms with Crippen LogP contribution in [0.25, 0.3) is 0 Å². The number of hydrogen-bond donors (Lipinski definition) is 2. The fourth-order valence-corrected chi connectivity index (χ4v) is 2.82. The van der Waals surface area contributed by atoms with Gasteiger partial charge >= 0.3 is 5.97 Å². The largest absolute Gasteiger partial charge is 0.462 e. The minimum absolute atomic E-state index is 0.0974. The quantitative estimate of drug-likeness (QED) is 0.105. The number of rotatable bonds is 8. The minimum atomic E-state index is -2.15. The average Bonchev–Trinajstić information content (AvgIpc) is 2.60. The number of carbonyl (C=O) groups excluding carboxylic acids is 2. The van der Waals surface area contributed by atoms with E-state index in [0.717, 1.165) is 12.6 Å². The molecule has 0 unspecified atom stereocenters. The Balaban J connectivity index is 2.41. The molecule has 1 aromatic carbocycles. The van der Waals surface area contributed by atoms with Gasteiger partial charge in [0.15, 0.2) is 23.3 Å². The summed E-state index contributed by atoms with van der Waals surface area (Å²) < 4.78 is 58.7. The topological polar surface area (TPSA) is 75.6 Å². The number of nitrogens with one attached hydrogen (secondary N) is 1. The first-order valence-corrected chi connectivity index (χ1v) is 8.40. The molecule has 9 heteroatoms. The normalized spacial score (nSPS) is 15.9. The number of benzene rings is 1. The van der Waals surface area contributed by atoms with Crippen LogP contribution >= 0.6 is 0 Å². The zero-order valence-electron chi connectivity index (χ0n) is 14.6. The van der Waals surface area contributed by atoms with Crippen molar-refractivity contribution in [3.05, 3.63) is 46.7 Å². The van der Waals surface area contributed by atoms with E-state index in [1.807, 2.05) is 0 Å². The van der Waals surface area contributed by atoms with E-state index >= 15 is 0 Å². The molecular formula is C18H19F4NO4. The van der Waals surface area contributed by atoms with Gasteiger partial charge in [-0.2, -0.15) is 0 Å². The van der Waals surface area contributed by atoms with Crippen LogP contribution in [-0.2, 0) is 9.53 Å². The number of halogens is 4. The predicted octanol–water partition coefficient (Wildman–Crippen LogP) is 2.77. The third-order valence-corrected chi connectivity index (χ3v) is 4.51. The van der Waals surface area contributed by atoms with E-state index in [2.05, 4.69) is 5.32 Å². The molecule has 0 amide bonds. The summed E-state index contributed by atoms with van der Waals surface area (Å²) in [5.74, 6) is -10.3. The molecular weight excluding hydrogens is 370 g/mol. The molecule has 0 aromatic heterocycles. The lowest BCUT2D eigenvalue weighted by Gasteiger charge is -2.42. The molecule has 27 heavy (non-hydrogen) atoms. The Bertz CT molecular complexity index is 775. The minimum Gasteiger partial charge on any atom is -0.462 e. The smallest absolute Gasteiger partial charge is 0.343 e. The van der Waals surface area contributed by atoms with Gasteiger partial charge in [-0.15, -0.1) is 0 Å². The predicted molar refractivity (Wildman–Crippen MR) is 86.7 cm³/mol. The highest BCUT2D eigenvalue weighted by Crippen LogP contribution is 2.35. The van der Waals surface area contributed by atoms with Crippen molar-refractivity contribution in [1.82, 2.24) is 5.32 Å². The van der Waals surface area contributed by atoms with Gasteiger partial charge in [-0.05, 0) is 38.7 Å². The average molecular weight is 389 g/mol. The van der Waals surface area contributed by atoms with Crippen LogP contribution in [0.4, 0.5) is 17.6 Å². The summed E-state index contributed by atoms with van der Waals surface area (Å²) in [6, 6.07) is 0.190. The van der Waals surface area contributed by atoms with Gasteiger partial charge in [0, 0.05) is 18.3 Å². The van der Waals surface area contributed by atoms with Crippen LogP contribution < -0.4 is 5.32 Å². The van der Waals surface area contributed by atoms with E-state index in [1.54, 1.807) is 0 Å². The van der Waals surface area contributed by atoms with Crippen LogP contribution in [-0.4, -0.2) is 35.6 Å². The van der Waals surface area contributed by atoms with Gasteiger partial charge in [-0.3, -0.25) is 4.79 Å². The molecule has 1 fully saturated rings. The van der Waals surface area contributed by atoms with E-state index in [1.165, 1.54) is 6.92 Å². The standard InChI is InChI=1S/C18H19F4NO4/c1-2-27-17(26)11(9-23-18(6-7-24)4-3-5-18)16(25)10-8-12(19)14(21)15(22)13(10)20/h8-9,23-24H,2-7H2,1H3. The molecule has 1 aromatic rings. The lowest BCUT2D eigenvalue weighted by molar-refractivity contribution is -0.138.